The summed E-state index contributed by atoms with van der Waals surface area (Å²) in [7, 11) is 0. The van der Waals surface area contributed by atoms with Gasteiger partial charge < -0.3 is 4.90 Å². The molecule has 1 amide bonds. The second kappa shape index (κ2) is 8.92. The fourth-order valence-electron chi connectivity index (χ4n) is 4.25. The van der Waals surface area contributed by atoms with Crippen LogP contribution in [0, 0.1) is 6.92 Å². The summed E-state index contributed by atoms with van der Waals surface area (Å²) in [5, 5.41) is 4.88. The molecule has 0 radical (unpaired) electrons. The van der Waals surface area contributed by atoms with Gasteiger partial charge in [-0.25, -0.2) is 4.68 Å². The number of piperidine rings is 1. The lowest BCUT2D eigenvalue weighted by Gasteiger charge is -2.30. The van der Waals surface area contributed by atoms with Crippen molar-refractivity contribution in [3.8, 4) is 5.69 Å². The molecule has 2 aliphatic heterocycles. The monoisotopic (exact) mass is 460 g/mol. The van der Waals surface area contributed by atoms with Crippen molar-refractivity contribution in [2.24, 2.45) is 0 Å². The van der Waals surface area contributed by atoms with Crippen molar-refractivity contribution in [2.75, 3.05) is 22.9 Å². The Bertz CT molecular complexity index is 1180. The molecule has 0 bridgehead atoms. The van der Waals surface area contributed by atoms with Gasteiger partial charge in [0, 0.05) is 18.7 Å². The standard InChI is InChI=1S/C25H24N4OS2/c1-18-21(17-22-24(30)28(25(31)32-22)19-11-5-2-6-12-19)23(27-15-9-4-10-16-27)29(26-18)20-13-7-3-8-14-20/h2-3,5-8,11-14,17H,4,9-10,15-16H2,1H3/b22-17-. The molecule has 0 saturated carbocycles. The van der Waals surface area contributed by atoms with Gasteiger partial charge in [-0.2, -0.15) is 5.10 Å². The molecule has 7 heteroatoms. The number of carbonyl (C=O) groups is 1. The van der Waals surface area contributed by atoms with Gasteiger partial charge in [0.25, 0.3) is 5.91 Å². The Morgan fingerprint density at radius 2 is 1.56 bits per heavy atom. The fourth-order valence-corrected chi connectivity index (χ4v) is 5.53. The maximum Gasteiger partial charge on any atom is 0.270 e. The van der Waals surface area contributed by atoms with E-state index in [0.717, 1.165) is 54.4 Å². The summed E-state index contributed by atoms with van der Waals surface area (Å²) in [5.41, 5.74) is 3.71. The number of thioether (sulfide) groups is 1. The summed E-state index contributed by atoms with van der Waals surface area (Å²) in [4.78, 5) is 18.0. The quantitative estimate of drug-likeness (QED) is 0.376. The van der Waals surface area contributed by atoms with Crippen LogP contribution in [0.4, 0.5) is 11.5 Å². The number of nitrogens with zero attached hydrogens (tertiary/aromatic N) is 4. The Labute approximate surface area is 197 Å². The summed E-state index contributed by atoms with van der Waals surface area (Å²) in [6.07, 6.45) is 5.55. The van der Waals surface area contributed by atoms with Crippen molar-refractivity contribution in [1.82, 2.24) is 9.78 Å². The first-order valence-corrected chi connectivity index (χ1v) is 12.1. The summed E-state index contributed by atoms with van der Waals surface area (Å²) in [6, 6.07) is 19.8. The van der Waals surface area contributed by atoms with Crippen molar-refractivity contribution < 1.29 is 4.79 Å². The van der Waals surface area contributed by atoms with Crippen LogP contribution in [0.15, 0.2) is 65.6 Å². The largest absolute Gasteiger partial charge is 0.356 e. The number of benzene rings is 2. The first-order valence-electron chi connectivity index (χ1n) is 10.9. The maximum atomic E-state index is 13.3. The predicted molar refractivity (Wildman–Crippen MR) is 136 cm³/mol. The minimum absolute atomic E-state index is 0.0809. The Hall–Kier alpha value is -2.90. The molecule has 0 unspecified atom stereocenters. The zero-order valence-electron chi connectivity index (χ0n) is 17.9. The molecule has 2 saturated heterocycles. The molecule has 0 aliphatic carbocycles. The Morgan fingerprint density at radius 3 is 2.22 bits per heavy atom. The Kier molecular flexibility index (Phi) is 5.85. The van der Waals surface area contributed by atoms with E-state index in [1.165, 1.54) is 18.2 Å². The van der Waals surface area contributed by atoms with Gasteiger partial charge in [-0.3, -0.25) is 9.69 Å². The molecule has 32 heavy (non-hydrogen) atoms. The van der Waals surface area contributed by atoms with E-state index in [9.17, 15) is 4.79 Å². The second-order valence-electron chi connectivity index (χ2n) is 7.97. The lowest BCUT2D eigenvalue weighted by atomic mass is 10.1. The van der Waals surface area contributed by atoms with Crippen LogP contribution in [0.2, 0.25) is 0 Å². The average molecular weight is 461 g/mol. The maximum absolute atomic E-state index is 13.3. The molecule has 0 spiro atoms. The molecular formula is C25H24N4OS2. The van der Waals surface area contributed by atoms with Gasteiger partial charge in [-0.05, 0) is 56.5 Å². The number of amides is 1. The van der Waals surface area contributed by atoms with E-state index in [1.54, 1.807) is 4.90 Å². The lowest BCUT2D eigenvalue weighted by molar-refractivity contribution is -0.113. The summed E-state index contributed by atoms with van der Waals surface area (Å²) in [6.45, 7) is 3.99. The minimum atomic E-state index is -0.0809. The molecule has 2 aliphatic rings. The SMILES string of the molecule is Cc1nn(-c2ccccc2)c(N2CCCCC2)c1/C=C1\SC(=S)N(c2ccccc2)C1=O. The van der Waals surface area contributed by atoms with Gasteiger partial charge >= 0.3 is 0 Å². The molecule has 3 aromatic rings. The van der Waals surface area contributed by atoms with Gasteiger partial charge in [-0.15, -0.1) is 0 Å². The van der Waals surface area contributed by atoms with Gasteiger partial charge in [0.15, 0.2) is 4.32 Å². The van der Waals surface area contributed by atoms with E-state index in [4.69, 9.17) is 17.3 Å². The average Bonchev–Trinajstić information content (AvgIpc) is 3.31. The summed E-state index contributed by atoms with van der Waals surface area (Å²) in [5.74, 6) is 0.973. The van der Waals surface area contributed by atoms with E-state index in [2.05, 4.69) is 17.0 Å². The number of carbonyl (C=O) groups excluding carboxylic acids is 1. The summed E-state index contributed by atoms with van der Waals surface area (Å²) >= 11 is 6.92. The fraction of sp³-hybridized carbons (Fsp3) is 0.240. The van der Waals surface area contributed by atoms with Crippen LogP contribution in [0.25, 0.3) is 11.8 Å². The number of aromatic nitrogens is 2. The highest BCUT2D eigenvalue weighted by Crippen LogP contribution is 2.38. The molecule has 5 nitrogen and oxygen atoms in total. The van der Waals surface area contributed by atoms with E-state index in [-0.39, 0.29) is 5.91 Å². The first kappa shape index (κ1) is 21.0. The highest BCUT2D eigenvalue weighted by molar-refractivity contribution is 8.27. The van der Waals surface area contributed by atoms with Crippen molar-refractivity contribution in [3.05, 3.63) is 76.8 Å². The number of hydrogen-bond acceptors (Lipinski definition) is 5. The third kappa shape index (κ3) is 3.87. The van der Waals surface area contributed by atoms with Gasteiger partial charge in [-0.1, -0.05) is 60.4 Å². The van der Waals surface area contributed by atoms with Gasteiger partial charge in [0.05, 0.1) is 22.0 Å². The zero-order chi connectivity index (χ0) is 22.1. The van der Waals surface area contributed by atoms with Crippen LogP contribution in [0.1, 0.15) is 30.5 Å². The molecular weight excluding hydrogens is 436 g/mol. The second-order valence-corrected chi connectivity index (χ2v) is 9.65. The van der Waals surface area contributed by atoms with Crippen LogP contribution in [-0.4, -0.2) is 33.1 Å². The number of aryl methyl sites for hydroxylation is 1. The summed E-state index contributed by atoms with van der Waals surface area (Å²) < 4.78 is 2.57. The van der Waals surface area contributed by atoms with Crippen LogP contribution < -0.4 is 9.80 Å². The highest BCUT2D eigenvalue weighted by atomic mass is 32.2. The van der Waals surface area contributed by atoms with E-state index < -0.39 is 0 Å². The van der Waals surface area contributed by atoms with Crippen LogP contribution in [-0.2, 0) is 4.79 Å². The first-order chi connectivity index (χ1) is 15.6. The molecule has 2 aromatic carbocycles. The van der Waals surface area contributed by atoms with Gasteiger partial charge in [0.2, 0.25) is 0 Å². The van der Waals surface area contributed by atoms with E-state index in [1.807, 2.05) is 66.2 Å². The third-order valence-electron chi connectivity index (χ3n) is 5.82. The number of hydrogen-bond donors (Lipinski definition) is 0. The Morgan fingerprint density at radius 1 is 0.938 bits per heavy atom. The number of thiocarbonyl (C=S) groups is 1. The lowest BCUT2D eigenvalue weighted by Crippen LogP contribution is -2.31. The number of anilines is 2. The normalized spacial score (nSPS) is 18.1. The van der Waals surface area contributed by atoms with Crippen molar-refractivity contribution >= 4 is 51.8 Å². The van der Waals surface area contributed by atoms with Crippen molar-refractivity contribution in [3.63, 3.8) is 0 Å². The van der Waals surface area contributed by atoms with Crippen LogP contribution in [0.5, 0.6) is 0 Å². The smallest absolute Gasteiger partial charge is 0.270 e. The van der Waals surface area contributed by atoms with Crippen LogP contribution in [0.3, 0.4) is 0 Å². The van der Waals surface area contributed by atoms with E-state index >= 15 is 0 Å². The zero-order valence-corrected chi connectivity index (χ0v) is 19.5. The molecule has 162 valence electrons. The molecule has 3 heterocycles. The highest BCUT2D eigenvalue weighted by Gasteiger charge is 2.34. The number of rotatable bonds is 4. The number of para-hydroxylation sites is 2. The molecule has 0 N–H and O–H groups in total. The van der Waals surface area contributed by atoms with Gasteiger partial charge in [0.1, 0.15) is 5.82 Å². The molecule has 2 fully saturated rings. The Balaban J connectivity index is 1.59. The minimum Gasteiger partial charge on any atom is -0.356 e. The van der Waals surface area contributed by atoms with Crippen molar-refractivity contribution in [1.29, 1.82) is 0 Å². The molecule has 1 aromatic heterocycles. The topological polar surface area (TPSA) is 41.4 Å². The van der Waals surface area contributed by atoms with Crippen molar-refractivity contribution in [2.45, 2.75) is 26.2 Å². The van der Waals surface area contributed by atoms with Crippen LogP contribution >= 0.6 is 24.0 Å². The van der Waals surface area contributed by atoms with E-state index in [0.29, 0.717) is 9.23 Å². The third-order valence-corrected chi connectivity index (χ3v) is 7.12. The predicted octanol–water partition coefficient (Wildman–Crippen LogP) is 5.58. The molecule has 0 atom stereocenters. The molecule has 5 rings (SSSR count).